The number of hydrogen-bond acceptors (Lipinski definition) is 8. The molecular formula is C30H24F2N4O6. The molecule has 0 bridgehead atoms. The largest absolute Gasteiger partial charge is 0.497 e. The van der Waals surface area contributed by atoms with Crippen molar-refractivity contribution in [2.45, 2.75) is 6.92 Å². The van der Waals surface area contributed by atoms with E-state index in [0.717, 1.165) is 18.5 Å². The number of aryl methyl sites for hydroxylation is 1. The maximum Gasteiger partial charge on any atom is 0.271 e. The van der Waals surface area contributed by atoms with Gasteiger partial charge >= 0.3 is 0 Å². The van der Waals surface area contributed by atoms with Crippen molar-refractivity contribution in [1.29, 1.82) is 0 Å². The van der Waals surface area contributed by atoms with Crippen molar-refractivity contribution in [1.82, 2.24) is 14.5 Å². The molecular weight excluding hydrogens is 550 g/mol. The molecule has 2 N–H and O–H groups in total. The van der Waals surface area contributed by atoms with Crippen LogP contribution in [0, 0.1) is 18.6 Å². The van der Waals surface area contributed by atoms with Crippen LogP contribution in [-0.4, -0.2) is 41.8 Å². The molecule has 42 heavy (non-hydrogen) atoms. The maximum atomic E-state index is 15.5. The molecule has 0 spiro atoms. The van der Waals surface area contributed by atoms with Crippen LogP contribution in [0.25, 0.3) is 28.0 Å². The SMILES string of the molecule is COc1ccc(-n2c(-c3ccc(Oc4c(F)cnc5cc(OC)c(OC)cc45)c(F)c3)ncc(C(N)=O)c2=O)c(C)c1. The highest BCUT2D eigenvalue weighted by molar-refractivity contribution is 5.92. The van der Waals surface area contributed by atoms with Gasteiger partial charge in [0.05, 0.1) is 38.7 Å². The standard InChI is InChI=1S/C30H24F2N4O6/c1-15-9-17(39-2)6-7-23(15)36-29(35-13-19(28(33)37)30(36)38)16-5-8-24(20(31)10-16)42-27-18-11-25(40-3)26(41-4)12-22(18)34-14-21(27)32/h5-14H,1-4H3,(H2,33,37). The summed E-state index contributed by atoms with van der Waals surface area (Å²) >= 11 is 0. The van der Waals surface area contributed by atoms with E-state index >= 15 is 4.39 Å². The summed E-state index contributed by atoms with van der Waals surface area (Å²) in [6.07, 6.45) is 1.99. The number of carbonyl (C=O) groups excluding carboxylic acids is 1. The third kappa shape index (κ3) is 4.94. The van der Waals surface area contributed by atoms with Crippen LogP contribution >= 0.6 is 0 Å². The number of nitrogens with two attached hydrogens (primary N) is 1. The highest BCUT2D eigenvalue weighted by Crippen LogP contribution is 2.39. The molecule has 5 rings (SSSR count). The molecule has 0 aliphatic carbocycles. The Hall–Kier alpha value is -5.52. The van der Waals surface area contributed by atoms with Gasteiger partial charge in [-0.1, -0.05) is 0 Å². The predicted molar refractivity (Wildman–Crippen MR) is 150 cm³/mol. The van der Waals surface area contributed by atoms with E-state index in [-0.39, 0.29) is 33.8 Å². The quantitative estimate of drug-likeness (QED) is 0.276. The number of rotatable bonds is 8. The third-order valence-electron chi connectivity index (χ3n) is 6.55. The van der Waals surface area contributed by atoms with Crippen molar-refractivity contribution in [3.8, 4) is 45.8 Å². The molecule has 0 atom stereocenters. The summed E-state index contributed by atoms with van der Waals surface area (Å²) in [7, 11) is 4.38. The van der Waals surface area contributed by atoms with Gasteiger partial charge in [0, 0.05) is 23.2 Å². The van der Waals surface area contributed by atoms with Crippen molar-refractivity contribution in [2.24, 2.45) is 5.73 Å². The van der Waals surface area contributed by atoms with E-state index in [1.807, 2.05) is 0 Å². The molecule has 10 nitrogen and oxygen atoms in total. The second kappa shape index (κ2) is 11.2. The van der Waals surface area contributed by atoms with Crippen molar-refractivity contribution < 1.29 is 32.5 Å². The summed E-state index contributed by atoms with van der Waals surface area (Å²) in [4.78, 5) is 33.6. The van der Waals surface area contributed by atoms with Crippen LogP contribution in [0.4, 0.5) is 8.78 Å². The number of aromatic nitrogens is 3. The van der Waals surface area contributed by atoms with Crippen molar-refractivity contribution in [3.05, 3.63) is 94.0 Å². The highest BCUT2D eigenvalue weighted by atomic mass is 19.1. The molecule has 2 aromatic heterocycles. The molecule has 3 aromatic carbocycles. The van der Waals surface area contributed by atoms with Gasteiger partial charge in [-0.25, -0.2) is 13.8 Å². The average Bonchev–Trinajstić information content (AvgIpc) is 2.98. The number of primary amides is 1. The first kappa shape index (κ1) is 28.0. The van der Waals surface area contributed by atoms with Gasteiger partial charge in [-0.2, -0.15) is 0 Å². The molecule has 0 radical (unpaired) electrons. The second-order valence-corrected chi connectivity index (χ2v) is 9.06. The highest BCUT2D eigenvalue weighted by Gasteiger charge is 2.21. The fourth-order valence-electron chi connectivity index (χ4n) is 4.46. The van der Waals surface area contributed by atoms with Gasteiger partial charge in [0.15, 0.2) is 34.6 Å². The number of carbonyl (C=O) groups is 1. The van der Waals surface area contributed by atoms with E-state index in [9.17, 15) is 14.0 Å². The van der Waals surface area contributed by atoms with Crippen LogP contribution in [0.5, 0.6) is 28.7 Å². The van der Waals surface area contributed by atoms with Crippen LogP contribution in [0.15, 0.2) is 65.7 Å². The van der Waals surface area contributed by atoms with Gasteiger partial charge in [0.25, 0.3) is 11.5 Å². The number of fused-ring (bicyclic) bond motifs is 1. The van der Waals surface area contributed by atoms with Gasteiger partial charge in [0.1, 0.15) is 17.1 Å². The Morgan fingerprint density at radius 1 is 0.857 bits per heavy atom. The molecule has 5 aromatic rings. The molecule has 0 aliphatic rings. The summed E-state index contributed by atoms with van der Waals surface area (Å²) in [5.74, 6) is -1.99. The lowest BCUT2D eigenvalue weighted by Gasteiger charge is -2.17. The van der Waals surface area contributed by atoms with E-state index < -0.39 is 23.1 Å². The lowest BCUT2D eigenvalue weighted by Crippen LogP contribution is -2.30. The zero-order valence-corrected chi connectivity index (χ0v) is 22.9. The topological polar surface area (TPSA) is 128 Å². The first-order valence-electron chi connectivity index (χ1n) is 12.4. The summed E-state index contributed by atoms with van der Waals surface area (Å²) < 4.78 is 53.1. The average molecular weight is 575 g/mol. The van der Waals surface area contributed by atoms with Crippen LogP contribution in [0.3, 0.4) is 0 Å². The Kier molecular flexibility index (Phi) is 7.45. The van der Waals surface area contributed by atoms with Crippen molar-refractivity contribution in [3.63, 3.8) is 0 Å². The first-order valence-corrected chi connectivity index (χ1v) is 12.4. The molecule has 0 aliphatic heterocycles. The smallest absolute Gasteiger partial charge is 0.271 e. The molecule has 214 valence electrons. The molecule has 2 heterocycles. The normalized spacial score (nSPS) is 10.9. The Labute approximate surface area is 237 Å². The van der Waals surface area contributed by atoms with E-state index in [1.54, 1.807) is 31.2 Å². The number of nitrogens with zero attached hydrogens (tertiary/aromatic N) is 3. The Balaban J connectivity index is 1.62. The number of amides is 1. The minimum atomic E-state index is -0.963. The van der Waals surface area contributed by atoms with Crippen LogP contribution < -0.4 is 30.2 Å². The molecule has 0 fully saturated rings. The lowest BCUT2D eigenvalue weighted by molar-refractivity contribution is 0.0998. The van der Waals surface area contributed by atoms with E-state index in [2.05, 4.69) is 9.97 Å². The number of halogens is 2. The van der Waals surface area contributed by atoms with Crippen LogP contribution in [-0.2, 0) is 0 Å². The van der Waals surface area contributed by atoms with E-state index in [1.165, 1.54) is 44.1 Å². The number of pyridine rings is 1. The number of methoxy groups -OCH3 is 3. The molecule has 1 amide bonds. The monoisotopic (exact) mass is 574 g/mol. The lowest BCUT2D eigenvalue weighted by atomic mass is 10.1. The summed E-state index contributed by atoms with van der Waals surface area (Å²) in [5, 5.41) is 0.226. The minimum absolute atomic E-state index is 0.0288. The fourth-order valence-corrected chi connectivity index (χ4v) is 4.46. The number of hydrogen-bond donors (Lipinski definition) is 1. The molecule has 0 unspecified atom stereocenters. The van der Waals surface area contributed by atoms with Gasteiger partial charge in [0.2, 0.25) is 0 Å². The maximum absolute atomic E-state index is 15.5. The summed E-state index contributed by atoms with van der Waals surface area (Å²) in [6, 6.07) is 11.8. The van der Waals surface area contributed by atoms with Gasteiger partial charge < -0.3 is 24.7 Å². The second-order valence-electron chi connectivity index (χ2n) is 9.06. The fraction of sp³-hybridized carbons (Fsp3) is 0.133. The van der Waals surface area contributed by atoms with Crippen molar-refractivity contribution in [2.75, 3.05) is 21.3 Å². The zero-order valence-electron chi connectivity index (χ0n) is 22.9. The van der Waals surface area contributed by atoms with Crippen LogP contribution in [0.1, 0.15) is 15.9 Å². The Morgan fingerprint density at radius 2 is 1.60 bits per heavy atom. The predicted octanol–water partition coefficient (Wildman–Crippen LogP) is 4.95. The third-order valence-corrected chi connectivity index (χ3v) is 6.55. The summed E-state index contributed by atoms with van der Waals surface area (Å²) in [6.45, 7) is 1.74. The first-order chi connectivity index (χ1) is 20.2. The molecule has 0 saturated heterocycles. The van der Waals surface area contributed by atoms with Crippen molar-refractivity contribution >= 4 is 16.8 Å². The van der Waals surface area contributed by atoms with E-state index in [0.29, 0.717) is 34.0 Å². The van der Waals surface area contributed by atoms with Gasteiger partial charge in [-0.05, 0) is 55.0 Å². The Morgan fingerprint density at radius 3 is 2.24 bits per heavy atom. The van der Waals surface area contributed by atoms with E-state index in [4.69, 9.17) is 24.7 Å². The summed E-state index contributed by atoms with van der Waals surface area (Å²) in [5.41, 5.74) is 5.82. The van der Waals surface area contributed by atoms with Crippen LogP contribution in [0.2, 0.25) is 0 Å². The Bertz CT molecular complexity index is 1930. The molecule has 0 saturated carbocycles. The number of ether oxygens (including phenoxy) is 4. The zero-order chi connectivity index (χ0) is 30.1. The van der Waals surface area contributed by atoms with Gasteiger partial charge in [-0.3, -0.25) is 19.1 Å². The number of benzene rings is 3. The van der Waals surface area contributed by atoms with Gasteiger partial charge in [-0.15, -0.1) is 0 Å². The minimum Gasteiger partial charge on any atom is -0.497 e. The molecule has 12 heteroatoms.